The minimum absolute atomic E-state index is 0.456. The van der Waals surface area contributed by atoms with Gasteiger partial charge in [0.25, 0.3) is 0 Å². The van der Waals surface area contributed by atoms with E-state index in [0.717, 1.165) is 11.4 Å². The Hall–Kier alpha value is -1.68. The lowest BCUT2D eigenvalue weighted by Gasteiger charge is -2.02. The second-order valence-corrected chi connectivity index (χ2v) is 3.25. The Morgan fingerprint density at radius 2 is 1.93 bits per heavy atom. The van der Waals surface area contributed by atoms with E-state index in [0.29, 0.717) is 11.1 Å². The Balaban J connectivity index is 2.44. The fourth-order valence-corrected chi connectivity index (χ4v) is 1.34. The van der Waals surface area contributed by atoms with Gasteiger partial charge in [0.2, 0.25) is 5.95 Å². The molecule has 0 aliphatic rings. The SMILES string of the molecule is CNc1nccc(-c2cccc(Cl)n2)n1. The molecule has 2 heterocycles. The van der Waals surface area contributed by atoms with Gasteiger partial charge in [0.05, 0.1) is 11.4 Å². The van der Waals surface area contributed by atoms with Crippen molar-refractivity contribution in [1.29, 1.82) is 0 Å². The molecule has 2 aromatic heterocycles. The fourth-order valence-electron chi connectivity index (χ4n) is 1.17. The number of nitrogens with zero attached hydrogens (tertiary/aromatic N) is 3. The Bertz CT molecular complexity index is 472. The first-order valence-corrected chi connectivity index (χ1v) is 4.81. The number of nitrogens with one attached hydrogen (secondary N) is 1. The number of halogens is 1. The van der Waals surface area contributed by atoms with E-state index in [1.54, 1.807) is 25.4 Å². The molecule has 0 saturated carbocycles. The first kappa shape index (κ1) is 9.86. The van der Waals surface area contributed by atoms with Crippen molar-refractivity contribution in [1.82, 2.24) is 15.0 Å². The molecule has 4 nitrogen and oxygen atoms in total. The first-order chi connectivity index (χ1) is 7.29. The van der Waals surface area contributed by atoms with Crippen LogP contribution < -0.4 is 5.32 Å². The third-order valence-electron chi connectivity index (χ3n) is 1.86. The van der Waals surface area contributed by atoms with E-state index < -0.39 is 0 Å². The van der Waals surface area contributed by atoms with Crippen LogP contribution in [0.3, 0.4) is 0 Å². The molecule has 0 amide bonds. The van der Waals surface area contributed by atoms with Crippen LogP contribution in [0.2, 0.25) is 5.15 Å². The van der Waals surface area contributed by atoms with Crippen molar-refractivity contribution in [3.05, 3.63) is 35.6 Å². The van der Waals surface area contributed by atoms with Crippen LogP contribution in [0.25, 0.3) is 11.4 Å². The Kier molecular flexibility index (Phi) is 2.78. The molecule has 15 heavy (non-hydrogen) atoms. The number of aromatic nitrogens is 3. The minimum atomic E-state index is 0.456. The van der Waals surface area contributed by atoms with Gasteiger partial charge in [-0.3, -0.25) is 0 Å². The smallest absolute Gasteiger partial charge is 0.222 e. The molecule has 2 aromatic rings. The van der Waals surface area contributed by atoms with Crippen molar-refractivity contribution in [3.8, 4) is 11.4 Å². The van der Waals surface area contributed by atoms with Gasteiger partial charge in [0, 0.05) is 13.2 Å². The highest BCUT2D eigenvalue weighted by Gasteiger charge is 2.02. The molecule has 5 heteroatoms. The molecule has 0 aliphatic heterocycles. The quantitative estimate of drug-likeness (QED) is 0.789. The summed E-state index contributed by atoms with van der Waals surface area (Å²) in [5.74, 6) is 0.564. The zero-order valence-electron chi connectivity index (χ0n) is 8.11. The van der Waals surface area contributed by atoms with Crippen LogP contribution in [0.15, 0.2) is 30.5 Å². The Morgan fingerprint density at radius 3 is 2.67 bits per heavy atom. The standard InChI is InChI=1S/C10H9ClN4/c1-12-10-13-6-5-8(15-10)7-3-2-4-9(11)14-7/h2-6H,1H3,(H,12,13,15). The number of hydrogen-bond acceptors (Lipinski definition) is 4. The first-order valence-electron chi connectivity index (χ1n) is 4.43. The summed E-state index contributed by atoms with van der Waals surface area (Å²) in [6.45, 7) is 0. The monoisotopic (exact) mass is 220 g/mol. The zero-order chi connectivity index (χ0) is 10.7. The second-order valence-electron chi connectivity index (χ2n) is 2.86. The van der Waals surface area contributed by atoms with Gasteiger partial charge < -0.3 is 5.32 Å². The molecule has 0 atom stereocenters. The molecule has 2 rings (SSSR count). The number of anilines is 1. The van der Waals surface area contributed by atoms with Crippen molar-refractivity contribution in [2.75, 3.05) is 12.4 Å². The summed E-state index contributed by atoms with van der Waals surface area (Å²) < 4.78 is 0. The van der Waals surface area contributed by atoms with Crippen molar-refractivity contribution in [3.63, 3.8) is 0 Å². The van der Waals surface area contributed by atoms with Gasteiger partial charge in [-0.1, -0.05) is 17.7 Å². The summed E-state index contributed by atoms with van der Waals surface area (Å²) in [5.41, 5.74) is 1.48. The van der Waals surface area contributed by atoms with E-state index in [2.05, 4.69) is 20.3 Å². The van der Waals surface area contributed by atoms with Crippen LogP contribution in [0, 0.1) is 0 Å². The number of pyridine rings is 1. The van der Waals surface area contributed by atoms with Crippen LogP contribution in [-0.2, 0) is 0 Å². The highest BCUT2D eigenvalue weighted by atomic mass is 35.5. The van der Waals surface area contributed by atoms with Crippen molar-refractivity contribution in [2.45, 2.75) is 0 Å². The number of hydrogen-bond donors (Lipinski definition) is 1. The Morgan fingerprint density at radius 1 is 1.13 bits per heavy atom. The molecule has 0 fully saturated rings. The van der Waals surface area contributed by atoms with Gasteiger partial charge in [-0.25, -0.2) is 15.0 Å². The largest absolute Gasteiger partial charge is 0.357 e. The van der Waals surface area contributed by atoms with Crippen molar-refractivity contribution < 1.29 is 0 Å². The summed E-state index contributed by atoms with van der Waals surface area (Å²) in [5, 5.41) is 3.32. The molecule has 0 spiro atoms. The zero-order valence-corrected chi connectivity index (χ0v) is 8.86. The van der Waals surface area contributed by atoms with Gasteiger partial charge in [-0.15, -0.1) is 0 Å². The van der Waals surface area contributed by atoms with E-state index in [1.807, 2.05) is 12.1 Å². The van der Waals surface area contributed by atoms with Gasteiger partial charge >= 0.3 is 0 Å². The fraction of sp³-hybridized carbons (Fsp3) is 0.100. The van der Waals surface area contributed by atoms with E-state index in [9.17, 15) is 0 Å². The highest BCUT2D eigenvalue weighted by Crippen LogP contribution is 2.16. The summed E-state index contributed by atoms with van der Waals surface area (Å²) >= 11 is 5.80. The van der Waals surface area contributed by atoms with E-state index in [4.69, 9.17) is 11.6 Å². The number of rotatable bonds is 2. The molecule has 0 saturated heterocycles. The molecule has 0 unspecified atom stereocenters. The maximum Gasteiger partial charge on any atom is 0.222 e. The molecule has 1 N–H and O–H groups in total. The molecular formula is C10H9ClN4. The van der Waals surface area contributed by atoms with Crippen LogP contribution in [0.4, 0.5) is 5.95 Å². The van der Waals surface area contributed by atoms with Crippen LogP contribution in [-0.4, -0.2) is 22.0 Å². The van der Waals surface area contributed by atoms with Crippen molar-refractivity contribution in [2.24, 2.45) is 0 Å². The molecule has 0 bridgehead atoms. The van der Waals surface area contributed by atoms with E-state index in [1.165, 1.54) is 0 Å². The van der Waals surface area contributed by atoms with Crippen LogP contribution in [0.5, 0.6) is 0 Å². The summed E-state index contributed by atoms with van der Waals surface area (Å²) in [6.07, 6.45) is 1.68. The predicted octanol–water partition coefficient (Wildman–Crippen LogP) is 2.23. The van der Waals surface area contributed by atoms with Gasteiger partial charge in [-0.05, 0) is 18.2 Å². The summed E-state index contributed by atoms with van der Waals surface area (Å²) in [7, 11) is 1.77. The van der Waals surface area contributed by atoms with Crippen LogP contribution in [0.1, 0.15) is 0 Å². The van der Waals surface area contributed by atoms with Crippen LogP contribution >= 0.6 is 11.6 Å². The summed E-state index contributed by atoms with van der Waals surface area (Å²) in [4.78, 5) is 12.4. The minimum Gasteiger partial charge on any atom is -0.357 e. The molecule has 0 aliphatic carbocycles. The third-order valence-corrected chi connectivity index (χ3v) is 2.07. The van der Waals surface area contributed by atoms with Gasteiger partial charge in [0.15, 0.2) is 0 Å². The maximum atomic E-state index is 5.80. The lowest BCUT2D eigenvalue weighted by molar-refractivity contribution is 1.14. The maximum absolute atomic E-state index is 5.80. The average Bonchev–Trinajstić information content (AvgIpc) is 2.29. The van der Waals surface area contributed by atoms with E-state index >= 15 is 0 Å². The normalized spacial score (nSPS) is 10.0. The molecule has 0 radical (unpaired) electrons. The van der Waals surface area contributed by atoms with Crippen molar-refractivity contribution >= 4 is 17.5 Å². The summed E-state index contributed by atoms with van der Waals surface area (Å²) in [6, 6.07) is 7.21. The van der Waals surface area contributed by atoms with Gasteiger partial charge in [0.1, 0.15) is 5.15 Å². The van der Waals surface area contributed by atoms with E-state index in [-0.39, 0.29) is 0 Å². The highest BCUT2D eigenvalue weighted by molar-refractivity contribution is 6.29. The lowest BCUT2D eigenvalue weighted by atomic mass is 10.2. The lowest BCUT2D eigenvalue weighted by Crippen LogP contribution is -1.97. The average molecular weight is 221 g/mol. The molecule has 76 valence electrons. The topological polar surface area (TPSA) is 50.7 Å². The second kappa shape index (κ2) is 4.23. The predicted molar refractivity (Wildman–Crippen MR) is 59.8 cm³/mol. The third kappa shape index (κ3) is 2.22. The molecule has 0 aromatic carbocycles. The molecular weight excluding hydrogens is 212 g/mol. The van der Waals surface area contributed by atoms with Gasteiger partial charge in [-0.2, -0.15) is 0 Å². The Labute approximate surface area is 92.4 Å².